The molecular weight excluding hydrogens is 953 g/mol. The van der Waals surface area contributed by atoms with E-state index in [1.807, 2.05) is 0 Å². The Morgan fingerprint density at radius 2 is 0.878 bits per heavy atom. The van der Waals surface area contributed by atoms with Crippen LogP contribution in [0.1, 0.15) is 245 Å². The predicted octanol–water partition coefficient (Wildman–Crippen LogP) is 7.03. The van der Waals surface area contributed by atoms with Crippen LogP contribution in [0.2, 0.25) is 0 Å². The molecule has 2 rings (SSSR count). The number of unbranched alkanes of at least 4 members (excludes halogenated alkanes) is 31. The Kier molecular flexibility index (Phi) is 40.1. The quantitative estimate of drug-likeness (QED) is 0.0273. The first-order valence-corrected chi connectivity index (χ1v) is 29.9. The van der Waals surface area contributed by atoms with Gasteiger partial charge in [0.1, 0.15) is 61.0 Å². The van der Waals surface area contributed by atoms with Crippen LogP contribution in [-0.4, -0.2) is 163 Å². The third-order valence-corrected chi connectivity index (χ3v) is 15.2. The smallest absolute Gasteiger partial charge is 0.249 e. The summed E-state index contributed by atoms with van der Waals surface area (Å²) in [5, 5.41) is 103. The molecule has 0 aromatic carbocycles. The van der Waals surface area contributed by atoms with E-state index < -0.39 is 117 Å². The van der Waals surface area contributed by atoms with E-state index in [9.17, 15) is 55.5 Å². The molecule has 0 aromatic heterocycles. The molecule has 0 spiro atoms. The zero-order chi connectivity index (χ0) is 54.4. The van der Waals surface area contributed by atoms with E-state index in [0.29, 0.717) is 12.8 Å². The molecule has 438 valence electrons. The molecule has 2 aliphatic rings. The van der Waals surface area contributed by atoms with Gasteiger partial charge in [-0.25, -0.2) is 0 Å². The van der Waals surface area contributed by atoms with E-state index in [1.54, 1.807) is 0 Å². The van der Waals surface area contributed by atoms with Gasteiger partial charge >= 0.3 is 0 Å². The zero-order valence-electron chi connectivity index (χ0n) is 46.4. The van der Waals surface area contributed by atoms with Crippen LogP contribution in [0.25, 0.3) is 0 Å². The normalized spacial score (nSPS) is 25.9. The number of carbonyl (C=O) groups excluding carboxylic acids is 2. The van der Waals surface area contributed by atoms with Gasteiger partial charge in [-0.15, -0.1) is 0 Å². The van der Waals surface area contributed by atoms with E-state index in [-0.39, 0.29) is 12.8 Å². The summed E-state index contributed by atoms with van der Waals surface area (Å²) in [4.78, 5) is 25.5. The third-order valence-electron chi connectivity index (χ3n) is 15.2. The molecule has 14 atom stereocenters. The van der Waals surface area contributed by atoms with E-state index in [2.05, 4.69) is 24.5 Å². The SMILES string of the molecule is CCCCCCCCCCCCCCCCCCCCC(O)C(=O)NC(COC1OC(CO)C(O)C(OC2OC(CO)C(O)C(O)C2NC(C)=O)C1O)C(O)C(O)CCCCCCCCCCCCCCCCC. The Morgan fingerprint density at radius 3 is 1.28 bits per heavy atom. The van der Waals surface area contributed by atoms with E-state index >= 15 is 0 Å². The standard InChI is InChI=1S/C57H110N2O15/c1-4-6-8-10-12-14-16-18-20-21-22-24-26-28-30-32-34-36-38-45(64)55(70)59-43(49(65)44(63)37-35-33-31-29-27-25-23-19-17-15-13-11-9-7-5-2)41-71-57-53(69)54(51(67)47(40-61)73-57)74-56-48(58-42(3)62)52(68)50(66)46(39-60)72-56/h43-54,56-57,60-61,63-69H,4-41H2,1-3H3,(H,58,62)(H,59,70). The monoisotopic (exact) mass is 1060 g/mol. The van der Waals surface area contributed by atoms with Crippen LogP contribution in [0, 0.1) is 0 Å². The van der Waals surface area contributed by atoms with Gasteiger partial charge in [0.2, 0.25) is 11.8 Å². The molecule has 74 heavy (non-hydrogen) atoms. The molecule has 0 radical (unpaired) electrons. The van der Waals surface area contributed by atoms with Crippen LogP contribution in [0.15, 0.2) is 0 Å². The minimum absolute atomic E-state index is 0.195. The Labute approximate surface area is 446 Å². The highest BCUT2D eigenvalue weighted by atomic mass is 16.7. The highest BCUT2D eigenvalue weighted by molar-refractivity contribution is 5.80. The Morgan fingerprint density at radius 1 is 0.500 bits per heavy atom. The molecule has 2 aliphatic heterocycles. The van der Waals surface area contributed by atoms with Crippen LogP contribution in [0.5, 0.6) is 0 Å². The summed E-state index contributed by atoms with van der Waals surface area (Å²) < 4.78 is 23.2. The number of hydrogen-bond acceptors (Lipinski definition) is 15. The maximum atomic E-state index is 13.5. The van der Waals surface area contributed by atoms with Gasteiger partial charge in [-0.3, -0.25) is 9.59 Å². The fourth-order valence-corrected chi connectivity index (χ4v) is 10.3. The molecule has 0 aliphatic carbocycles. The summed E-state index contributed by atoms with van der Waals surface area (Å²) in [5.41, 5.74) is 0. The number of aliphatic hydroxyl groups excluding tert-OH is 9. The highest BCUT2D eigenvalue weighted by Crippen LogP contribution is 2.30. The fraction of sp³-hybridized carbons (Fsp3) is 0.965. The Bertz CT molecular complexity index is 1350. The number of nitrogens with one attached hydrogen (secondary N) is 2. The van der Waals surface area contributed by atoms with Crippen molar-refractivity contribution >= 4 is 11.8 Å². The van der Waals surface area contributed by atoms with Crippen LogP contribution in [0.4, 0.5) is 0 Å². The van der Waals surface area contributed by atoms with Crippen molar-refractivity contribution in [2.75, 3.05) is 19.8 Å². The maximum Gasteiger partial charge on any atom is 0.249 e. The fourth-order valence-electron chi connectivity index (χ4n) is 10.3. The first-order chi connectivity index (χ1) is 35.8. The van der Waals surface area contributed by atoms with Gasteiger partial charge < -0.3 is 75.5 Å². The minimum atomic E-state index is -1.85. The molecule has 17 nitrogen and oxygen atoms in total. The third kappa shape index (κ3) is 28.9. The number of hydrogen-bond donors (Lipinski definition) is 11. The second-order valence-electron chi connectivity index (χ2n) is 21.8. The van der Waals surface area contributed by atoms with Gasteiger partial charge in [0.25, 0.3) is 0 Å². The number of rotatable bonds is 47. The lowest BCUT2D eigenvalue weighted by molar-refractivity contribution is -0.348. The number of carbonyl (C=O) groups is 2. The van der Waals surface area contributed by atoms with E-state index in [4.69, 9.17) is 18.9 Å². The van der Waals surface area contributed by atoms with Crippen molar-refractivity contribution in [3.8, 4) is 0 Å². The van der Waals surface area contributed by atoms with Crippen molar-refractivity contribution in [1.29, 1.82) is 0 Å². The topological polar surface area (TPSA) is 277 Å². The van der Waals surface area contributed by atoms with Gasteiger partial charge in [-0.1, -0.05) is 226 Å². The minimum Gasteiger partial charge on any atom is -0.394 e. The first-order valence-electron chi connectivity index (χ1n) is 29.9. The van der Waals surface area contributed by atoms with Crippen molar-refractivity contribution in [1.82, 2.24) is 10.6 Å². The van der Waals surface area contributed by atoms with Crippen molar-refractivity contribution < 1.29 is 74.5 Å². The molecule has 17 heteroatoms. The summed E-state index contributed by atoms with van der Waals surface area (Å²) in [7, 11) is 0. The van der Waals surface area contributed by atoms with Crippen molar-refractivity contribution in [2.24, 2.45) is 0 Å². The summed E-state index contributed by atoms with van der Waals surface area (Å²) in [6, 6.07) is -2.72. The maximum absolute atomic E-state index is 13.5. The van der Waals surface area contributed by atoms with E-state index in [1.165, 1.54) is 148 Å². The summed E-state index contributed by atoms with van der Waals surface area (Å²) in [6.07, 6.45) is 21.2. The number of amides is 2. The molecule has 0 aromatic rings. The Balaban J connectivity index is 1.94. The van der Waals surface area contributed by atoms with Gasteiger partial charge in [-0.05, 0) is 12.8 Å². The molecule has 0 saturated carbocycles. The molecule has 11 N–H and O–H groups in total. The lowest BCUT2D eigenvalue weighted by Gasteiger charge is -2.47. The van der Waals surface area contributed by atoms with E-state index in [0.717, 1.165) is 58.3 Å². The van der Waals surface area contributed by atoms with Crippen LogP contribution in [0.3, 0.4) is 0 Å². The van der Waals surface area contributed by atoms with Gasteiger partial charge in [0.15, 0.2) is 12.6 Å². The average molecular weight is 1060 g/mol. The van der Waals surface area contributed by atoms with Crippen molar-refractivity contribution in [3.63, 3.8) is 0 Å². The van der Waals surface area contributed by atoms with Gasteiger partial charge in [-0.2, -0.15) is 0 Å². The van der Waals surface area contributed by atoms with Crippen LogP contribution < -0.4 is 10.6 Å². The lowest BCUT2D eigenvalue weighted by Crippen LogP contribution is -2.68. The number of aliphatic hydroxyl groups is 9. The molecule has 0 bridgehead atoms. The van der Waals surface area contributed by atoms with Crippen molar-refractivity contribution in [2.45, 2.75) is 331 Å². The largest absolute Gasteiger partial charge is 0.394 e. The van der Waals surface area contributed by atoms with Crippen LogP contribution in [-0.2, 0) is 28.5 Å². The number of ether oxygens (including phenoxy) is 4. The predicted molar refractivity (Wildman–Crippen MR) is 287 cm³/mol. The van der Waals surface area contributed by atoms with Gasteiger partial charge in [0.05, 0.1) is 32.0 Å². The molecule has 2 fully saturated rings. The molecule has 2 heterocycles. The summed E-state index contributed by atoms with van der Waals surface area (Å²) in [6.45, 7) is 3.57. The average Bonchev–Trinajstić information content (AvgIpc) is 3.38. The van der Waals surface area contributed by atoms with Gasteiger partial charge in [0, 0.05) is 6.92 Å². The molecule has 14 unspecified atom stereocenters. The first kappa shape index (κ1) is 68.5. The molecule has 2 saturated heterocycles. The van der Waals surface area contributed by atoms with Crippen molar-refractivity contribution in [3.05, 3.63) is 0 Å². The second-order valence-corrected chi connectivity index (χ2v) is 21.8. The highest BCUT2D eigenvalue weighted by Gasteiger charge is 2.51. The van der Waals surface area contributed by atoms with Crippen LogP contribution >= 0.6 is 0 Å². The summed E-state index contributed by atoms with van der Waals surface area (Å²) in [5.74, 6) is -1.39. The second kappa shape index (κ2) is 43.3. The summed E-state index contributed by atoms with van der Waals surface area (Å²) >= 11 is 0. The zero-order valence-corrected chi connectivity index (χ0v) is 46.4. The Hall–Kier alpha value is -1.58. The lowest BCUT2D eigenvalue weighted by atomic mass is 9.95. The molecular formula is C57H110N2O15. The molecule has 2 amide bonds.